The van der Waals surface area contributed by atoms with Gasteiger partial charge in [-0.25, -0.2) is 0 Å². The number of hydrogen-bond donors (Lipinski definition) is 2. The molecule has 0 bridgehead atoms. The Balaban J connectivity index is 3.59. The predicted octanol–water partition coefficient (Wildman–Crippen LogP) is 1.47. The highest BCUT2D eigenvalue weighted by molar-refractivity contribution is 4.80. The molecule has 0 rings (SSSR count). The second kappa shape index (κ2) is 8.08. The van der Waals surface area contributed by atoms with E-state index in [1.165, 1.54) is 19.4 Å². The summed E-state index contributed by atoms with van der Waals surface area (Å²) in [6, 6.07) is 0. The van der Waals surface area contributed by atoms with Crippen molar-refractivity contribution in [2.45, 2.75) is 45.1 Å². The Morgan fingerprint density at radius 2 is 1.87 bits per heavy atom. The number of unbranched alkanes of at least 4 members (excludes halogenated alkanes) is 1. The minimum Gasteiger partial charge on any atom is -0.394 e. The van der Waals surface area contributed by atoms with E-state index in [9.17, 15) is 5.11 Å². The van der Waals surface area contributed by atoms with Crippen molar-refractivity contribution in [3.8, 4) is 0 Å². The van der Waals surface area contributed by atoms with Crippen LogP contribution in [0.3, 0.4) is 0 Å². The number of rotatable bonds is 9. The van der Waals surface area contributed by atoms with E-state index in [0.29, 0.717) is 0 Å². The van der Waals surface area contributed by atoms with Gasteiger partial charge in [0.25, 0.3) is 0 Å². The topological polar surface area (TPSA) is 35.5 Å². The minimum atomic E-state index is -0.106. The summed E-state index contributed by atoms with van der Waals surface area (Å²) in [5, 5.41) is 12.4. The SMILES string of the molecule is CCCCN(C)CCCC(C)(CO)NC. The number of nitrogens with one attached hydrogen (secondary N) is 1. The molecule has 2 N–H and O–H groups in total. The van der Waals surface area contributed by atoms with Crippen LogP contribution in [-0.4, -0.2) is 49.3 Å². The van der Waals surface area contributed by atoms with Crippen LogP contribution in [0.25, 0.3) is 0 Å². The predicted molar refractivity (Wildman–Crippen MR) is 66.2 cm³/mol. The van der Waals surface area contributed by atoms with Crippen LogP contribution in [0.4, 0.5) is 0 Å². The lowest BCUT2D eigenvalue weighted by atomic mass is 9.97. The van der Waals surface area contributed by atoms with Crippen LogP contribution in [0.5, 0.6) is 0 Å². The Morgan fingerprint density at radius 1 is 1.27 bits per heavy atom. The van der Waals surface area contributed by atoms with E-state index in [1.54, 1.807) is 0 Å². The van der Waals surface area contributed by atoms with Crippen molar-refractivity contribution in [1.29, 1.82) is 0 Å². The van der Waals surface area contributed by atoms with E-state index < -0.39 is 0 Å². The Bertz CT molecular complexity index is 147. The zero-order valence-electron chi connectivity index (χ0n) is 10.8. The molecule has 1 atom stereocenters. The first-order valence-electron chi connectivity index (χ1n) is 6.06. The maximum atomic E-state index is 9.22. The molecule has 1 unspecified atom stereocenters. The lowest BCUT2D eigenvalue weighted by molar-refractivity contribution is 0.166. The third-order valence-corrected chi connectivity index (χ3v) is 3.11. The number of nitrogens with zero attached hydrogens (tertiary/aromatic N) is 1. The first-order valence-corrected chi connectivity index (χ1v) is 6.06. The molecule has 0 saturated heterocycles. The normalized spacial score (nSPS) is 15.6. The third-order valence-electron chi connectivity index (χ3n) is 3.11. The van der Waals surface area contributed by atoms with Crippen LogP contribution in [0.15, 0.2) is 0 Å². The molecule has 0 fully saturated rings. The summed E-state index contributed by atoms with van der Waals surface area (Å²) in [4.78, 5) is 2.37. The van der Waals surface area contributed by atoms with Gasteiger partial charge in [0.05, 0.1) is 6.61 Å². The van der Waals surface area contributed by atoms with E-state index in [0.717, 1.165) is 19.4 Å². The second-order valence-electron chi connectivity index (χ2n) is 4.73. The monoisotopic (exact) mass is 216 g/mol. The van der Waals surface area contributed by atoms with Crippen molar-refractivity contribution in [2.24, 2.45) is 0 Å². The Hall–Kier alpha value is -0.120. The largest absolute Gasteiger partial charge is 0.394 e. The Kier molecular flexibility index (Phi) is 8.02. The van der Waals surface area contributed by atoms with Crippen molar-refractivity contribution >= 4 is 0 Å². The van der Waals surface area contributed by atoms with Crippen LogP contribution in [0, 0.1) is 0 Å². The quantitative estimate of drug-likeness (QED) is 0.612. The van der Waals surface area contributed by atoms with E-state index in [1.807, 2.05) is 7.05 Å². The van der Waals surface area contributed by atoms with Crippen molar-refractivity contribution in [3.05, 3.63) is 0 Å². The lowest BCUT2D eigenvalue weighted by Crippen LogP contribution is -2.43. The molecule has 0 aliphatic carbocycles. The van der Waals surface area contributed by atoms with Gasteiger partial charge in [-0.3, -0.25) is 0 Å². The van der Waals surface area contributed by atoms with Gasteiger partial charge in [0, 0.05) is 5.54 Å². The standard InChI is InChI=1S/C12H28N2O/c1-5-6-9-14(4)10-7-8-12(2,11-15)13-3/h13,15H,5-11H2,1-4H3. The van der Waals surface area contributed by atoms with Crippen LogP contribution >= 0.6 is 0 Å². The maximum absolute atomic E-state index is 9.22. The molecule has 0 aromatic carbocycles. The van der Waals surface area contributed by atoms with Gasteiger partial charge in [0.2, 0.25) is 0 Å². The van der Waals surface area contributed by atoms with Gasteiger partial charge in [0.15, 0.2) is 0 Å². The number of aliphatic hydroxyl groups is 1. The van der Waals surface area contributed by atoms with Gasteiger partial charge in [-0.15, -0.1) is 0 Å². The molecule has 0 aliphatic rings. The smallest absolute Gasteiger partial charge is 0.0610 e. The van der Waals surface area contributed by atoms with Gasteiger partial charge >= 0.3 is 0 Å². The van der Waals surface area contributed by atoms with Crippen LogP contribution < -0.4 is 5.32 Å². The molecular weight excluding hydrogens is 188 g/mol. The Labute approximate surface area is 94.9 Å². The number of likely N-dealkylation sites (N-methyl/N-ethyl adjacent to an activating group) is 1. The summed E-state index contributed by atoms with van der Waals surface area (Å²) < 4.78 is 0. The van der Waals surface area contributed by atoms with Gasteiger partial charge in [0.1, 0.15) is 0 Å². The van der Waals surface area contributed by atoms with Gasteiger partial charge in [-0.1, -0.05) is 13.3 Å². The maximum Gasteiger partial charge on any atom is 0.0610 e. The molecule has 3 heteroatoms. The van der Waals surface area contributed by atoms with Crippen molar-refractivity contribution in [2.75, 3.05) is 33.8 Å². The van der Waals surface area contributed by atoms with Gasteiger partial charge < -0.3 is 15.3 Å². The Morgan fingerprint density at radius 3 is 2.33 bits per heavy atom. The summed E-state index contributed by atoms with van der Waals surface area (Å²) in [6.45, 7) is 6.81. The number of hydrogen-bond acceptors (Lipinski definition) is 3. The summed E-state index contributed by atoms with van der Waals surface area (Å²) in [7, 11) is 4.09. The summed E-state index contributed by atoms with van der Waals surface area (Å²) in [5.41, 5.74) is -0.106. The van der Waals surface area contributed by atoms with E-state index in [-0.39, 0.29) is 12.1 Å². The van der Waals surface area contributed by atoms with Crippen LogP contribution in [0.1, 0.15) is 39.5 Å². The first kappa shape index (κ1) is 14.9. The highest BCUT2D eigenvalue weighted by Gasteiger charge is 2.19. The summed E-state index contributed by atoms with van der Waals surface area (Å²) in [5.74, 6) is 0. The molecule has 3 nitrogen and oxygen atoms in total. The van der Waals surface area contributed by atoms with Crippen LogP contribution in [0.2, 0.25) is 0 Å². The van der Waals surface area contributed by atoms with Gasteiger partial charge in [-0.2, -0.15) is 0 Å². The number of aliphatic hydroxyl groups excluding tert-OH is 1. The fourth-order valence-corrected chi connectivity index (χ4v) is 1.56. The highest BCUT2D eigenvalue weighted by Crippen LogP contribution is 2.11. The fraction of sp³-hybridized carbons (Fsp3) is 1.00. The van der Waals surface area contributed by atoms with Crippen molar-refractivity contribution in [1.82, 2.24) is 10.2 Å². The average molecular weight is 216 g/mol. The molecule has 0 saturated carbocycles. The summed E-state index contributed by atoms with van der Waals surface area (Å²) >= 11 is 0. The molecular formula is C12H28N2O. The minimum absolute atomic E-state index is 0.106. The molecule has 0 heterocycles. The van der Waals surface area contributed by atoms with Crippen molar-refractivity contribution < 1.29 is 5.11 Å². The average Bonchev–Trinajstić information content (AvgIpc) is 2.26. The van der Waals surface area contributed by atoms with Crippen molar-refractivity contribution in [3.63, 3.8) is 0 Å². The summed E-state index contributed by atoms with van der Waals surface area (Å²) in [6.07, 6.45) is 4.70. The second-order valence-corrected chi connectivity index (χ2v) is 4.73. The molecule has 0 radical (unpaired) electrons. The van der Waals surface area contributed by atoms with E-state index in [4.69, 9.17) is 0 Å². The van der Waals surface area contributed by atoms with E-state index in [2.05, 4.69) is 31.1 Å². The molecule has 92 valence electrons. The highest BCUT2D eigenvalue weighted by atomic mass is 16.3. The zero-order chi connectivity index (χ0) is 11.7. The van der Waals surface area contributed by atoms with Gasteiger partial charge in [-0.05, 0) is 53.4 Å². The lowest BCUT2D eigenvalue weighted by Gasteiger charge is -2.27. The van der Waals surface area contributed by atoms with E-state index >= 15 is 0 Å². The molecule has 0 spiro atoms. The zero-order valence-corrected chi connectivity index (χ0v) is 10.8. The van der Waals surface area contributed by atoms with Crippen LogP contribution in [-0.2, 0) is 0 Å². The molecule has 0 amide bonds. The molecule has 0 aliphatic heterocycles. The molecule has 0 aromatic rings. The fourth-order valence-electron chi connectivity index (χ4n) is 1.56. The first-order chi connectivity index (χ1) is 7.08. The third kappa shape index (κ3) is 6.88. The molecule has 0 aromatic heterocycles. The molecule has 15 heavy (non-hydrogen) atoms.